The minimum atomic E-state index is -3.75. The molecule has 0 radical (unpaired) electrons. The normalized spacial score (nSPS) is 12.9. The molecule has 0 aliphatic rings. The van der Waals surface area contributed by atoms with Gasteiger partial charge in [-0.15, -0.1) is 0 Å². The monoisotopic (exact) mass is 479 g/mol. The molecule has 0 fully saturated rings. The molecule has 2 amide bonds. The number of hydrogen-bond acceptors (Lipinski definition) is 4. The molecule has 0 aromatic heterocycles. The van der Waals surface area contributed by atoms with Crippen LogP contribution < -0.4 is 14.9 Å². The number of amides is 2. The van der Waals surface area contributed by atoms with Crippen molar-refractivity contribution >= 4 is 33.2 Å². The van der Waals surface area contributed by atoms with Crippen molar-refractivity contribution in [1.82, 2.24) is 5.32 Å². The van der Waals surface area contributed by atoms with Crippen molar-refractivity contribution in [2.45, 2.75) is 32.9 Å². The van der Waals surface area contributed by atoms with Crippen molar-refractivity contribution < 1.29 is 18.0 Å². The van der Waals surface area contributed by atoms with E-state index in [0.717, 1.165) is 21.7 Å². The average Bonchev–Trinajstić information content (AvgIpc) is 2.80. The van der Waals surface area contributed by atoms with Gasteiger partial charge < -0.3 is 10.6 Å². The molecule has 2 atom stereocenters. The molecular weight excluding hydrogens is 450 g/mol. The lowest BCUT2D eigenvalue weighted by molar-refractivity contribution is -0.116. The molecule has 3 rings (SSSR count). The van der Waals surface area contributed by atoms with Crippen LogP contribution in [0.4, 0.5) is 11.4 Å². The number of nitrogens with zero attached hydrogens (tertiary/aromatic N) is 1. The minimum absolute atomic E-state index is 0.237. The summed E-state index contributed by atoms with van der Waals surface area (Å²) in [7, 11) is -3.75. The van der Waals surface area contributed by atoms with E-state index in [4.69, 9.17) is 0 Å². The van der Waals surface area contributed by atoms with Crippen LogP contribution in [-0.4, -0.2) is 32.5 Å². The Bertz CT molecular complexity index is 1260. The van der Waals surface area contributed by atoms with Gasteiger partial charge in [-0.1, -0.05) is 60.2 Å². The summed E-state index contributed by atoms with van der Waals surface area (Å²) in [5.41, 5.74) is 2.90. The lowest BCUT2D eigenvalue weighted by Crippen LogP contribution is -2.45. The fourth-order valence-corrected chi connectivity index (χ4v) is 4.80. The fourth-order valence-electron chi connectivity index (χ4n) is 3.63. The Morgan fingerprint density at radius 3 is 2.06 bits per heavy atom. The Balaban J connectivity index is 1.81. The number of rotatable bonds is 8. The topological polar surface area (TPSA) is 95.6 Å². The molecule has 7 nitrogen and oxygen atoms in total. The molecule has 2 N–H and O–H groups in total. The maximum atomic E-state index is 13.1. The summed E-state index contributed by atoms with van der Waals surface area (Å²) >= 11 is 0. The van der Waals surface area contributed by atoms with E-state index >= 15 is 0 Å². The number of benzene rings is 3. The molecule has 8 heteroatoms. The van der Waals surface area contributed by atoms with Crippen molar-refractivity contribution in [2.24, 2.45) is 0 Å². The molecule has 0 spiro atoms. The molecule has 0 unspecified atom stereocenters. The smallest absolute Gasteiger partial charge is 0.253 e. The molecule has 0 bridgehead atoms. The molecule has 3 aromatic carbocycles. The van der Waals surface area contributed by atoms with E-state index in [1.54, 1.807) is 48.5 Å². The highest BCUT2D eigenvalue weighted by molar-refractivity contribution is 7.92. The lowest BCUT2D eigenvalue weighted by atomic mass is 10.1. The van der Waals surface area contributed by atoms with Gasteiger partial charge in [-0.2, -0.15) is 0 Å². The van der Waals surface area contributed by atoms with E-state index in [-0.39, 0.29) is 17.5 Å². The van der Waals surface area contributed by atoms with Crippen molar-refractivity contribution in [3.63, 3.8) is 0 Å². The van der Waals surface area contributed by atoms with Crippen molar-refractivity contribution in [2.75, 3.05) is 15.9 Å². The molecule has 34 heavy (non-hydrogen) atoms. The van der Waals surface area contributed by atoms with Crippen molar-refractivity contribution in [1.29, 1.82) is 0 Å². The predicted molar refractivity (Wildman–Crippen MR) is 135 cm³/mol. The van der Waals surface area contributed by atoms with Gasteiger partial charge in [0.1, 0.15) is 6.04 Å². The van der Waals surface area contributed by atoms with Gasteiger partial charge in [0.05, 0.1) is 29.2 Å². The van der Waals surface area contributed by atoms with Crippen LogP contribution in [0.3, 0.4) is 0 Å². The second-order valence-electron chi connectivity index (χ2n) is 8.21. The number of hydrogen-bond donors (Lipinski definition) is 2. The summed E-state index contributed by atoms with van der Waals surface area (Å²) in [5, 5.41) is 5.67. The Morgan fingerprint density at radius 2 is 1.44 bits per heavy atom. The van der Waals surface area contributed by atoms with Crippen LogP contribution in [0.1, 0.15) is 41.4 Å². The minimum Gasteiger partial charge on any atom is -0.345 e. The summed E-state index contributed by atoms with van der Waals surface area (Å²) in [4.78, 5) is 26.1. The zero-order chi connectivity index (χ0) is 24.9. The van der Waals surface area contributed by atoms with Crippen molar-refractivity contribution in [3.8, 4) is 0 Å². The summed E-state index contributed by atoms with van der Waals surface area (Å²) in [6.45, 7) is 5.28. The second kappa shape index (κ2) is 10.5. The zero-order valence-corrected chi connectivity index (χ0v) is 20.5. The van der Waals surface area contributed by atoms with E-state index in [1.165, 1.54) is 6.92 Å². The average molecular weight is 480 g/mol. The van der Waals surface area contributed by atoms with Gasteiger partial charge >= 0.3 is 0 Å². The Hall–Kier alpha value is -3.65. The van der Waals surface area contributed by atoms with Crippen LogP contribution in [0, 0.1) is 6.92 Å². The maximum Gasteiger partial charge on any atom is 0.253 e. The van der Waals surface area contributed by atoms with Crippen LogP contribution in [0.25, 0.3) is 0 Å². The predicted octanol–water partition coefficient (Wildman–Crippen LogP) is 4.28. The molecular formula is C26H29N3O4S. The summed E-state index contributed by atoms with van der Waals surface area (Å²) in [5.74, 6) is -0.902. The molecule has 0 saturated carbocycles. The Labute approximate surface area is 200 Å². The number of carbonyl (C=O) groups is 2. The summed E-state index contributed by atoms with van der Waals surface area (Å²) < 4.78 is 26.1. The highest BCUT2D eigenvalue weighted by atomic mass is 32.2. The second-order valence-corrected chi connectivity index (χ2v) is 10.1. The lowest BCUT2D eigenvalue weighted by Gasteiger charge is -2.28. The van der Waals surface area contributed by atoms with Crippen LogP contribution in [-0.2, 0) is 14.8 Å². The highest BCUT2D eigenvalue weighted by Gasteiger charge is 2.29. The first-order valence-corrected chi connectivity index (χ1v) is 12.7. The van der Waals surface area contributed by atoms with Crippen LogP contribution in [0.2, 0.25) is 0 Å². The third-order valence-corrected chi connectivity index (χ3v) is 6.70. The summed E-state index contributed by atoms with van der Waals surface area (Å²) in [6, 6.07) is 21.8. The number of sulfonamides is 1. The number of carbonyl (C=O) groups excluding carboxylic acids is 2. The van der Waals surface area contributed by atoms with Crippen LogP contribution in [0.5, 0.6) is 0 Å². The molecule has 3 aromatic rings. The summed E-state index contributed by atoms with van der Waals surface area (Å²) in [6.07, 6.45) is 1.06. The number of anilines is 2. The Morgan fingerprint density at radius 1 is 0.853 bits per heavy atom. The van der Waals surface area contributed by atoms with Gasteiger partial charge in [0.2, 0.25) is 15.9 Å². The van der Waals surface area contributed by atoms with Gasteiger partial charge in [0, 0.05) is 0 Å². The maximum absolute atomic E-state index is 13.1. The fraction of sp³-hybridized carbons (Fsp3) is 0.231. The quantitative estimate of drug-likeness (QED) is 0.504. The molecule has 0 heterocycles. The third-order valence-electron chi connectivity index (χ3n) is 5.45. The van der Waals surface area contributed by atoms with E-state index in [2.05, 4.69) is 10.6 Å². The SMILES string of the molecule is Cc1ccc(N([C@@H](C)C(=O)Nc2ccccc2C(=O)N[C@@H](C)c2ccccc2)S(C)(=O)=O)cc1. The van der Waals surface area contributed by atoms with E-state index in [1.807, 2.05) is 44.2 Å². The number of nitrogens with one attached hydrogen (secondary N) is 2. The standard InChI is InChI=1S/C26H29N3O4S/c1-18-14-16-22(17-15-18)29(34(4,32)33)20(3)25(30)28-24-13-9-8-12-23(24)26(31)27-19(2)21-10-6-5-7-11-21/h5-17,19-20H,1-4H3,(H,27,31)(H,28,30)/t19-,20-/m0/s1. The first-order chi connectivity index (χ1) is 16.1. The van der Waals surface area contributed by atoms with Crippen LogP contribution in [0.15, 0.2) is 78.9 Å². The number of para-hydroxylation sites is 1. The van der Waals surface area contributed by atoms with Gasteiger partial charge in [-0.3, -0.25) is 13.9 Å². The first-order valence-electron chi connectivity index (χ1n) is 10.9. The van der Waals surface area contributed by atoms with Gasteiger partial charge in [-0.25, -0.2) is 8.42 Å². The van der Waals surface area contributed by atoms with Crippen molar-refractivity contribution in [3.05, 3.63) is 95.6 Å². The number of aryl methyl sites for hydroxylation is 1. The third kappa shape index (κ3) is 6.02. The van der Waals surface area contributed by atoms with Crippen LogP contribution >= 0.6 is 0 Å². The van der Waals surface area contributed by atoms with E-state index < -0.39 is 22.0 Å². The molecule has 178 valence electrons. The largest absolute Gasteiger partial charge is 0.345 e. The van der Waals surface area contributed by atoms with Gasteiger partial charge in [0.15, 0.2) is 0 Å². The molecule has 0 aliphatic carbocycles. The highest BCUT2D eigenvalue weighted by Crippen LogP contribution is 2.23. The van der Waals surface area contributed by atoms with E-state index in [0.29, 0.717) is 11.4 Å². The molecule has 0 saturated heterocycles. The van der Waals surface area contributed by atoms with Gasteiger partial charge in [-0.05, 0) is 50.6 Å². The Kier molecular flexibility index (Phi) is 7.73. The molecule has 0 aliphatic heterocycles. The van der Waals surface area contributed by atoms with Gasteiger partial charge in [0.25, 0.3) is 5.91 Å². The van der Waals surface area contributed by atoms with E-state index in [9.17, 15) is 18.0 Å². The zero-order valence-electron chi connectivity index (χ0n) is 19.6. The first kappa shape index (κ1) is 25.0.